The molecular weight excluding hydrogens is 332 g/mol. The molecule has 1 N–H and O–H groups in total. The van der Waals surface area contributed by atoms with Gasteiger partial charge in [-0.1, -0.05) is 0 Å². The zero-order valence-corrected chi connectivity index (χ0v) is 12.9. The minimum Gasteiger partial charge on any atom is -0.477 e. The number of nitrogens with zero attached hydrogens (tertiary/aromatic N) is 5. The lowest BCUT2D eigenvalue weighted by atomic mass is 10.0. The number of hydrogen-bond acceptors (Lipinski definition) is 5. The fourth-order valence-electron chi connectivity index (χ4n) is 3.19. The molecular formula is C16H13F2N5O2. The molecule has 0 spiro atoms. The van der Waals surface area contributed by atoms with Crippen LogP contribution in [0, 0.1) is 11.6 Å². The van der Waals surface area contributed by atoms with Crippen LogP contribution in [0.2, 0.25) is 0 Å². The highest BCUT2D eigenvalue weighted by molar-refractivity contribution is 5.94. The summed E-state index contributed by atoms with van der Waals surface area (Å²) in [5.74, 6) is -2.10. The predicted octanol–water partition coefficient (Wildman–Crippen LogP) is 2.44. The quantitative estimate of drug-likeness (QED) is 0.785. The molecule has 1 fully saturated rings. The van der Waals surface area contributed by atoms with Crippen LogP contribution in [0.1, 0.15) is 34.8 Å². The Hall–Kier alpha value is -3.10. The third-order valence-corrected chi connectivity index (χ3v) is 4.27. The number of benzene rings is 1. The normalized spacial score (nSPS) is 17.4. The maximum absolute atomic E-state index is 13.6. The van der Waals surface area contributed by atoms with Crippen molar-refractivity contribution in [3.63, 3.8) is 0 Å². The lowest BCUT2D eigenvalue weighted by molar-refractivity contribution is 0.0698. The van der Waals surface area contributed by atoms with Crippen LogP contribution in [0.4, 0.5) is 14.7 Å². The molecule has 4 rings (SSSR count). The first-order chi connectivity index (χ1) is 12.0. The number of halogens is 2. The van der Waals surface area contributed by atoms with E-state index in [1.54, 1.807) is 0 Å². The summed E-state index contributed by atoms with van der Waals surface area (Å²) in [5, 5.41) is 13.1. The maximum atomic E-state index is 13.6. The van der Waals surface area contributed by atoms with Crippen molar-refractivity contribution in [2.45, 2.75) is 18.9 Å². The summed E-state index contributed by atoms with van der Waals surface area (Å²) in [6.45, 7) is 0.607. The molecule has 128 valence electrons. The number of carboxylic acid groups (broad SMARTS) is 1. The van der Waals surface area contributed by atoms with Gasteiger partial charge in [-0.3, -0.25) is 0 Å². The van der Waals surface area contributed by atoms with Crippen LogP contribution in [-0.4, -0.2) is 37.2 Å². The Morgan fingerprint density at radius 1 is 1.24 bits per heavy atom. The third kappa shape index (κ3) is 2.67. The van der Waals surface area contributed by atoms with Gasteiger partial charge in [-0.25, -0.2) is 23.1 Å². The molecule has 9 heteroatoms. The predicted molar refractivity (Wildman–Crippen MR) is 83.4 cm³/mol. The molecule has 0 radical (unpaired) electrons. The molecule has 3 heterocycles. The van der Waals surface area contributed by atoms with Gasteiger partial charge in [-0.2, -0.15) is 10.1 Å². The molecule has 1 saturated heterocycles. The second-order valence-corrected chi connectivity index (χ2v) is 5.84. The zero-order valence-electron chi connectivity index (χ0n) is 12.9. The van der Waals surface area contributed by atoms with Crippen molar-refractivity contribution in [3.8, 4) is 0 Å². The van der Waals surface area contributed by atoms with Crippen LogP contribution < -0.4 is 4.90 Å². The molecule has 3 aromatic rings. The van der Waals surface area contributed by atoms with Gasteiger partial charge < -0.3 is 10.0 Å². The number of hydrogen-bond donors (Lipinski definition) is 1. The van der Waals surface area contributed by atoms with Crippen LogP contribution in [0.5, 0.6) is 0 Å². The first-order valence-electron chi connectivity index (χ1n) is 7.69. The van der Waals surface area contributed by atoms with Gasteiger partial charge in [0, 0.05) is 12.6 Å². The average molecular weight is 345 g/mol. The van der Waals surface area contributed by atoms with Crippen LogP contribution in [0.3, 0.4) is 0 Å². The molecule has 1 aliphatic heterocycles. The molecule has 1 aromatic carbocycles. The topological polar surface area (TPSA) is 83.6 Å². The Balaban J connectivity index is 1.76. The van der Waals surface area contributed by atoms with Gasteiger partial charge in [0.2, 0.25) is 5.95 Å². The van der Waals surface area contributed by atoms with Crippen molar-refractivity contribution < 1.29 is 18.7 Å². The van der Waals surface area contributed by atoms with E-state index < -0.39 is 17.6 Å². The molecule has 2 aromatic heterocycles. The van der Waals surface area contributed by atoms with Gasteiger partial charge in [0.05, 0.1) is 12.2 Å². The van der Waals surface area contributed by atoms with Gasteiger partial charge in [-0.15, -0.1) is 0 Å². The maximum Gasteiger partial charge on any atom is 0.341 e. The Bertz CT molecular complexity index is 954. The number of carbonyl (C=O) groups is 1. The number of aromatic nitrogens is 4. The first-order valence-corrected chi connectivity index (χ1v) is 7.69. The van der Waals surface area contributed by atoms with Crippen molar-refractivity contribution in [1.29, 1.82) is 0 Å². The van der Waals surface area contributed by atoms with Gasteiger partial charge >= 0.3 is 5.97 Å². The summed E-state index contributed by atoms with van der Waals surface area (Å²) >= 11 is 0. The van der Waals surface area contributed by atoms with Crippen molar-refractivity contribution in [1.82, 2.24) is 19.6 Å². The summed E-state index contributed by atoms with van der Waals surface area (Å²) in [6, 6.07) is 3.15. The van der Waals surface area contributed by atoms with Crippen molar-refractivity contribution in [2.75, 3.05) is 11.4 Å². The highest BCUT2D eigenvalue weighted by atomic mass is 19.1. The van der Waals surface area contributed by atoms with E-state index in [0.717, 1.165) is 12.5 Å². The molecule has 0 saturated carbocycles. The zero-order chi connectivity index (χ0) is 17.6. The lowest BCUT2D eigenvalue weighted by Gasteiger charge is -2.25. The van der Waals surface area contributed by atoms with Crippen LogP contribution in [-0.2, 0) is 0 Å². The summed E-state index contributed by atoms with van der Waals surface area (Å²) in [7, 11) is 0. The fraction of sp³-hybridized carbons (Fsp3) is 0.250. The average Bonchev–Trinajstić information content (AvgIpc) is 3.20. The summed E-state index contributed by atoms with van der Waals surface area (Å²) < 4.78 is 28.4. The van der Waals surface area contributed by atoms with E-state index >= 15 is 0 Å². The Kier molecular flexibility index (Phi) is 3.56. The van der Waals surface area contributed by atoms with E-state index in [0.29, 0.717) is 24.5 Å². The van der Waals surface area contributed by atoms with Crippen molar-refractivity contribution >= 4 is 17.6 Å². The standard InChI is InChI=1S/C16H13F2N5O2/c17-10-4-9(5-11(18)6-10)13-2-1-3-22(13)16-19-8-23-14(21-16)12(7-20-23)15(24)25/h4-8,13H,1-3H2,(H,24,25)/t13-/m1/s1. The van der Waals surface area contributed by atoms with Crippen LogP contribution >= 0.6 is 0 Å². The molecule has 7 nitrogen and oxygen atoms in total. The molecule has 25 heavy (non-hydrogen) atoms. The van der Waals surface area contributed by atoms with E-state index in [2.05, 4.69) is 15.1 Å². The smallest absolute Gasteiger partial charge is 0.341 e. The Labute approximate surface area is 140 Å². The highest BCUT2D eigenvalue weighted by Gasteiger charge is 2.29. The SMILES string of the molecule is O=C(O)c1cnn2cnc(N3CCC[C@@H]3c3cc(F)cc(F)c3)nc12. The van der Waals surface area contributed by atoms with Crippen molar-refractivity contribution in [2.24, 2.45) is 0 Å². The van der Waals surface area contributed by atoms with E-state index in [4.69, 9.17) is 0 Å². The summed E-state index contributed by atoms with van der Waals surface area (Å²) in [6.07, 6.45) is 4.09. The molecule has 1 aliphatic rings. The Morgan fingerprint density at radius 3 is 2.72 bits per heavy atom. The number of carboxylic acids is 1. The number of rotatable bonds is 3. The third-order valence-electron chi connectivity index (χ3n) is 4.27. The molecule has 0 aliphatic carbocycles. The second-order valence-electron chi connectivity index (χ2n) is 5.84. The molecule has 0 bridgehead atoms. The van der Waals surface area contributed by atoms with Gasteiger partial charge in [-0.05, 0) is 30.5 Å². The summed E-state index contributed by atoms with van der Waals surface area (Å²) in [4.78, 5) is 21.6. The van der Waals surface area contributed by atoms with Crippen LogP contribution in [0.15, 0.2) is 30.7 Å². The number of anilines is 1. The van der Waals surface area contributed by atoms with E-state index in [-0.39, 0.29) is 17.3 Å². The summed E-state index contributed by atoms with van der Waals surface area (Å²) in [5.41, 5.74) is 0.648. The molecule has 0 unspecified atom stereocenters. The van der Waals surface area contributed by atoms with Crippen LogP contribution in [0.25, 0.3) is 5.65 Å². The molecule has 1 atom stereocenters. The minimum absolute atomic E-state index is 0.0313. The minimum atomic E-state index is -1.13. The number of aromatic carboxylic acids is 1. The van der Waals surface area contributed by atoms with Gasteiger partial charge in [0.1, 0.15) is 23.5 Å². The van der Waals surface area contributed by atoms with E-state index in [9.17, 15) is 18.7 Å². The van der Waals surface area contributed by atoms with E-state index in [1.807, 2.05) is 4.90 Å². The largest absolute Gasteiger partial charge is 0.477 e. The second kappa shape index (κ2) is 5.76. The Morgan fingerprint density at radius 2 is 2.00 bits per heavy atom. The number of fused-ring (bicyclic) bond motifs is 1. The fourth-order valence-corrected chi connectivity index (χ4v) is 3.19. The monoisotopic (exact) mass is 345 g/mol. The molecule has 0 amide bonds. The highest BCUT2D eigenvalue weighted by Crippen LogP contribution is 2.35. The van der Waals surface area contributed by atoms with Gasteiger partial charge in [0.25, 0.3) is 0 Å². The van der Waals surface area contributed by atoms with Crippen molar-refractivity contribution in [3.05, 3.63) is 53.5 Å². The first kappa shape index (κ1) is 15.4. The lowest BCUT2D eigenvalue weighted by Crippen LogP contribution is -2.25. The van der Waals surface area contributed by atoms with E-state index in [1.165, 1.54) is 29.2 Å². The van der Waals surface area contributed by atoms with Gasteiger partial charge in [0.15, 0.2) is 5.65 Å².